The molecule has 2 aromatic heterocycles. The van der Waals surface area contributed by atoms with Gasteiger partial charge in [0.2, 0.25) is 0 Å². The lowest BCUT2D eigenvalue weighted by Gasteiger charge is -2.03. The highest BCUT2D eigenvalue weighted by Crippen LogP contribution is 2.22. The van der Waals surface area contributed by atoms with Crippen molar-refractivity contribution in [3.8, 4) is 6.07 Å². The Labute approximate surface area is 109 Å². The average Bonchev–Trinajstić information content (AvgIpc) is 2.85. The molecule has 2 rings (SSSR count). The molecular weight excluding hydrogens is 248 g/mol. The van der Waals surface area contributed by atoms with Crippen LogP contribution < -0.4 is 5.32 Å². The number of carbonyl (C=O) groups is 1. The van der Waals surface area contributed by atoms with E-state index in [1.807, 2.05) is 26.0 Å². The van der Waals surface area contributed by atoms with Crippen LogP contribution in [0, 0.1) is 25.2 Å². The third-order valence-corrected chi connectivity index (χ3v) is 3.83. The second-order valence-electron chi connectivity index (χ2n) is 3.95. The highest BCUT2D eigenvalue weighted by atomic mass is 32.1. The van der Waals surface area contributed by atoms with Crippen molar-refractivity contribution in [2.45, 2.75) is 13.8 Å². The van der Waals surface area contributed by atoms with Crippen LogP contribution in [0.1, 0.15) is 25.7 Å². The SMILES string of the molecule is Cc1cc(C(=O)Nc2c(C#N)cnn2C)sc1C. The summed E-state index contributed by atoms with van der Waals surface area (Å²) in [6.07, 6.45) is 1.43. The van der Waals surface area contributed by atoms with E-state index in [1.165, 1.54) is 22.2 Å². The van der Waals surface area contributed by atoms with Crippen LogP contribution in [0.3, 0.4) is 0 Å². The average molecular weight is 260 g/mol. The summed E-state index contributed by atoms with van der Waals surface area (Å²) in [4.78, 5) is 13.8. The minimum Gasteiger partial charge on any atom is -0.305 e. The third kappa shape index (κ3) is 2.13. The monoisotopic (exact) mass is 260 g/mol. The normalized spacial score (nSPS) is 10.1. The van der Waals surface area contributed by atoms with Gasteiger partial charge < -0.3 is 5.32 Å². The molecule has 2 aromatic rings. The topological polar surface area (TPSA) is 70.7 Å². The summed E-state index contributed by atoms with van der Waals surface area (Å²) < 4.78 is 1.48. The van der Waals surface area contributed by atoms with E-state index < -0.39 is 0 Å². The minimum atomic E-state index is -0.212. The van der Waals surface area contributed by atoms with Crippen LogP contribution in [0.4, 0.5) is 5.82 Å². The van der Waals surface area contributed by atoms with E-state index in [4.69, 9.17) is 5.26 Å². The first-order chi connectivity index (χ1) is 8.52. The van der Waals surface area contributed by atoms with E-state index in [9.17, 15) is 4.79 Å². The molecule has 0 saturated heterocycles. The molecular formula is C12H12N4OS. The molecule has 0 radical (unpaired) electrons. The van der Waals surface area contributed by atoms with E-state index in [-0.39, 0.29) is 5.91 Å². The first-order valence-corrected chi connectivity index (χ1v) is 6.15. The van der Waals surface area contributed by atoms with Crippen LogP contribution in [-0.4, -0.2) is 15.7 Å². The number of aromatic nitrogens is 2. The number of rotatable bonds is 2. The lowest BCUT2D eigenvalue weighted by Crippen LogP contribution is -2.14. The number of anilines is 1. The maximum absolute atomic E-state index is 12.0. The predicted octanol–water partition coefficient (Wildman–Crippen LogP) is 2.22. The van der Waals surface area contributed by atoms with Crippen molar-refractivity contribution in [3.05, 3.63) is 33.1 Å². The molecule has 5 nitrogen and oxygen atoms in total. The van der Waals surface area contributed by atoms with E-state index in [0.29, 0.717) is 16.3 Å². The van der Waals surface area contributed by atoms with Gasteiger partial charge in [-0.2, -0.15) is 10.4 Å². The van der Waals surface area contributed by atoms with Gasteiger partial charge in [-0.05, 0) is 25.5 Å². The largest absolute Gasteiger partial charge is 0.305 e. The molecule has 0 aliphatic heterocycles. The van der Waals surface area contributed by atoms with Crippen molar-refractivity contribution in [3.63, 3.8) is 0 Å². The summed E-state index contributed by atoms with van der Waals surface area (Å²) in [5.74, 6) is 0.211. The Morgan fingerprint density at radius 2 is 2.28 bits per heavy atom. The summed E-state index contributed by atoms with van der Waals surface area (Å²) in [5.41, 5.74) is 1.45. The number of amides is 1. The van der Waals surface area contributed by atoms with Gasteiger partial charge in [0, 0.05) is 11.9 Å². The molecule has 0 aromatic carbocycles. The molecule has 0 unspecified atom stereocenters. The molecule has 6 heteroatoms. The number of carbonyl (C=O) groups excluding carboxylic acids is 1. The lowest BCUT2D eigenvalue weighted by atomic mass is 10.3. The van der Waals surface area contributed by atoms with Gasteiger partial charge in [-0.1, -0.05) is 0 Å². The molecule has 0 aliphatic carbocycles. The number of thiophene rings is 1. The van der Waals surface area contributed by atoms with Crippen molar-refractivity contribution >= 4 is 23.1 Å². The Balaban J connectivity index is 2.27. The highest BCUT2D eigenvalue weighted by molar-refractivity contribution is 7.14. The number of aryl methyl sites for hydroxylation is 3. The van der Waals surface area contributed by atoms with Crippen molar-refractivity contribution in [2.75, 3.05) is 5.32 Å². The lowest BCUT2D eigenvalue weighted by molar-refractivity contribution is 0.102. The number of nitrogens with one attached hydrogen (secondary N) is 1. The summed E-state index contributed by atoms with van der Waals surface area (Å²) in [5, 5.41) is 15.6. The second kappa shape index (κ2) is 4.63. The first-order valence-electron chi connectivity index (χ1n) is 5.33. The molecule has 2 heterocycles. The zero-order valence-corrected chi connectivity index (χ0v) is 11.1. The Morgan fingerprint density at radius 1 is 1.56 bits per heavy atom. The molecule has 0 spiro atoms. The molecule has 0 aliphatic rings. The molecule has 0 atom stereocenters. The Morgan fingerprint density at radius 3 is 2.83 bits per heavy atom. The van der Waals surface area contributed by atoms with Gasteiger partial charge in [0.25, 0.3) is 5.91 Å². The number of hydrogen-bond acceptors (Lipinski definition) is 4. The summed E-state index contributed by atoms with van der Waals surface area (Å²) in [6.45, 7) is 3.94. The second-order valence-corrected chi connectivity index (χ2v) is 5.20. The maximum Gasteiger partial charge on any atom is 0.266 e. The van der Waals surface area contributed by atoms with Crippen molar-refractivity contribution in [1.82, 2.24) is 9.78 Å². The number of nitriles is 1. The quantitative estimate of drug-likeness (QED) is 0.900. The fraction of sp³-hybridized carbons (Fsp3) is 0.250. The summed E-state index contributed by atoms with van der Waals surface area (Å²) >= 11 is 1.44. The third-order valence-electron chi connectivity index (χ3n) is 2.68. The Bertz CT molecular complexity index is 628. The summed E-state index contributed by atoms with van der Waals surface area (Å²) in [7, 11) is 1.68. The minimum absolute atomic E-state index is 0.212. The molecule has 0 saturated carbocycles. The zero-order chi connectivity index (χ0) is 13.3. The highest BCUT2D eigenvalue weighted by Gasteiger charge is 2.15. The van der Waals surface area contributed by atoms with Gasteiger partial charge in [-0.3, -0.25) is 9.48 Å². The van der Waals surface area contributed by atoms with Crippen LogP contribution in [0.15, 0.2) is 12.3 Å². The fourth-order valence-electron chi connectivity index (χ4n) is 1.52. The molecule has 0 bridgehead atoms. The first kappa shape index (κ1) is 12.3. The van der Waals surface area contributed by atoms with Crippen LogP contribution in [-0.2, 0) is 7.05 Å². The standard InChI is InChI=1S/C12H12N4OS/c1-7-4-10(18-8(7)2)12(17)15-11-9(5-13)6-14-16(11)3/h4,6H,1-3H3,(H,15,17). The zero-order valence-electron chi connectivity index (χ0n) is 10.3. The van der Waals surface area contributed by atoms with Gasteiger partial charge >= 0.3 is 0 Å². The van der Waals surface area contributed by atoms with E-state index in [0.717, 1.165) is 10.4 Å². The number of hydrogen-bond donors (Lipinski definition) is 1. The van der Waals surface area contributed by atoms with Crippen LogP contribution in [0.25, 0.3) is 0 Å². The van der Waals surface area contributed by atoms with Crippen LogP contribution >= 0.6 is 11.3 Å². The Hall–Kier alpha value is -2.13. The smallest absolute Gasteiger partial charge is 0.266 e. The van der Waals surface area contributed by atoms with Crippen molar-refractivity contribution < 1.29 is 4.79 Å². The van der Waals surface area contributed by atoms with Gasteiger partial charge in [-0.15, -0.1) is 11.3 Å². The summed E-state index contributed by atoms with van der Waals surface area (Å²) in [6, 6.07) is 3.84. The van der Waals surface area contributed by atoms with E-state index in [2.05, 4.69) is 10.4 Å². The van der Waals surface area contributed by atoms with Gasteiger partial charge in [-0.25, -0.2) is 0 Å². The van der Waals surface area contributed by atoms with Gasteiger partial charge in [0.1, 0.15) is 17.5 Å². The van der Waals surface area contributed by atoms with Crippen LogP contribution in [0.2, 0.25) is 0 Å². The fourth-order valence-corrected chi connectivity index (χ4v) is 2.45. The molecule has 18 heavy (non-hydrogen) atoms. The molecule has 92 valence electrons. The van der Waals surface area contributed by atoms with E-state index >= 15 is 0 Å². The molecule has 1 N–H and O–H groups in total. The maximum atomic E-state index is 12.0. The Kier molecular flexibility index (Phi) is 3.17. The number of nitrogens with zero attached hydrogens (tertiary/aromatic N) is 3. The molecule has 1 amide bonds. The van der Waals surface area contributed by atoms with Crippen LogP contribution in [0.5, 0.6) is 0 Å². The van der Waals surface area contributed by atoms with Gasteiger partial charge in [0.15, 0.2) is 0 Å². The van der Waals surface area contributed by atoms with E-state index in [1.54, 1.807) is 7.05 Å². The van der Waals surface area contributed by atoms with Crippen molar-refractivity contribution in [1.29, 1.82) is 5.26 Å². The molecule has 0 fully saturated rings. The van der Waals surface area contributed by atoms with Crippen molar-refractivity contribution in [2.24, 2.45) is 7.05 Å². The predicted molar refractivity (Wildman–Crippen MR) is 69.7 cm³/mol. The van der Waals surface area contributed by atoms with Gasteiger partial charge in [0.05, 0.1) is 11.1 Å².